The Kier molecular flexibility index (Phi) is 4.56. The van der Waals surface area contributed by atoms with Crippen molar-refractivity contribution in [3.05, 3.63) is 28.7 Å². The SMILES string of the molecule is O=[N+]1CCC2(CCc3c(OC(F)(F)F)cccc3O2)CC1.[Cl-]. The molecule has 0 aromatic heterocycles. The van der Waals surface area contributed by atoms with Crippen LogP contribution in [-0.4, -0.2) is 29.8 Å². The molecule has 0 aliphatic carbocycles. The summed E-state index contributed by atoms with van der Waals surface area (Å²) in [6, 6.07) is 4.44. The number of piperidine rings is 1. The number of nitrogens with zero attached hydrogens (tertiary/aromatic N) is 1. The molecule has 0 N–H and O–H groups in total. The summed E-state index contributed by atoms with van der Waals surface area (Å²) in [5.41, 5.74) is 0.0232. The minimum Gasteiger partial charge on any atom is -1.00 e. The van der Waals surface area contributed by atoms with Crippen molar-refractivity contribution in [2.75, 3.05) is 13.1 Å². The average molecular weight is 338 g/mol. The Morgan fingerprint density at radius 1 is 1.18 bits per heavy atom. The molecule has 1 spiro atoms. The summed E-state index contributed by atoms with van der Waals surface area (Å²) in [6.45, 7) is 0.794. The molecule has 2 aliphatic rings. The predicted molar refractivity (Wildman–Crippen MR) is 67.4 cm³/mol. The van der Waals surface area contributed by atoms with Crippen LogP contribution in [0, 0.1) is 4.91 Å². The lowest BCUT2D eigenvalue weighted by Crippen LogP contribution is -3.00. The lowest BCUT2D eigenvalue weighted by molar-refractivity contribution is -0.565. The number of alkyl halides is 3. The van der Waals surface area contributed by atoms with E-state index < -0.39 is 12.0 Å². The van der Waals surface area contributed by atoms with E-state index in [0.717, 1.165) is 4.76 Å². The van der Waals surface area contributed by atoms with Crippen LogP contribution in [0.5, 0.6) is 11.5 Å². The number of halogens is 4. The molecule has 1 aromatic rings. The molecule has 3 rings (SSSR count). The third-order valence-electron chi connectivity index (χ3n) is 4.11. The molecular weight excluding hydrogens is 323 g/mol. The molecular formula is C14H15ClF3NO3. The fraction of sp³-hybridized carbons (Fsp3) is 0.571. The van der Waals surface area contributed by atoms with Gasteiger partial charge in [0.2, 0.25) is 0 Å². The monoisotopic (exact) mass is 337 g/mol. The number of hydrogen-bond acceptors (Lipinski definition) is 3. The van der Waals surface area contributed by atoms with Gasteiger partial charge in [-0.15, -0.1) is 13.2 Å². The van der Waals surface area contributed by atoms with Gasteiger partial charge in [-0.05, 0) is 29.7 Å². The second-order valence-electron chi connectivity index (χ2n) is 5.49. The number of hydrogen-bond donors (Lipinski definition) is 0. The molecule has 4 nitrogen and oxygen atoms in total. The zero-order chi connectivity index (χ0) is 15.1. The lowest BCUT2D eigenvalue weighted by atomic mass is 9.83. The van der Waals surface area contributed by atoms with Gasteiger partial charge in [0, 0.05) is 10.5 Å². The van der Waals surface area contributed by atoms with Gasteiger partial charge in [-0.25, -0.2) is 0 Å². The second-order valence-corrected chi connectivity index (χ2v) is 5.49. The zero-order valence-electron chi connectivity index (χ0n) is 11.7. The quantitative estimate of drug-likeness (QED) is 0.689. The molecule has 8 heteroatoms. The smallest absolute Gasteiger partial charge is 0.573 e. The summed E-state index contributed by atoms with van der Waals surface area (Å²) in [4.78, 5) is 11.3. The fourth-order valence-electron chi connectivity index (χ4n) is 2.99. The van der Waals surface area contributed by atoms with Crippen molar-refractivity contribution >= 4 is 0 Å². The van der Waals surface area contributed by atoms with Gasteiger partial charge >= 0.3 is 6.36 Å². The van der Waals surface area contributed by atoms with Gasteiger partial charge in [-0.1, -0.05) is 6.07 Å². The fourth-order valence-corrected chi connectivity index (χ4v) is 2.99. The molecule has 2 aliphatic heterocycles. The maximum atomic E-state index is 12.4. The molecule has 22 heavy (non-hydrogen) atoms. The van der Waals surface area contributed by atoms with E-state index in [1.807, 2.05) is 0 Å². The molecule has 122 valence electrons. The van der Waals surface area contributed by atoms with E-state index in [1.54, 1.807) is 6.07 Å². The molecule has 0 radical (unpaired) electrons. The van der Waals surface area contributed by atoms with Crippen LogP contribution in [0.3, 0.4) is 0 Å². The van der Waals surface area contributed by atoms with Crippen LogP contribution in [0.4, 0.5) is 13.2 Å². The molecule has 1 aromatic carbocycles. The largest absolute Gasteiger partial charge is 1.00 e. The predicted octanol–water partition coefficient (Wildman–Crippen LogP) is 0.226. The van der Waals surface area contributed by atoms with E-state index in [4.69, 9.17) is 4.74 Å². The summed E-state index contributed by atoms with van der Waals surface area (Å²) in [5, 5.41) is 0. The van der Waals surface area contributed by atoms with Gasteiger partial charge in [-0.2, -0.15) is 0 Å². The highest BCUT2D eigenvalue weighted by atomic mass is 35.5. The van der Waals surface area contributed by atoms with Gasteiger partial charge in [0.05, 0.1) is 12.8 Å². The van der Waals surface area contributed by atoms with Gasteiger partial charge < -0.3 is 21.9 Å². The van der Waals surface area contributed by atoms with Crippen LogP contribution >= 0.6 is 0 Å². The van der Waals surface area contributed by atoms with Crippen molar-refractivity contribution in [1.82, 2.24) is 0 Å². The summed E-state index contributed by atoms with van der Waals surface area (Å²) in [6.07, 6.45) is -2.45. The molecule has 1 saturated heterocycles. The van der Waals surface area contributed by atoms with Crippen LogP contribution < -0.4 is 21.9 Å². The van der Waals surface area contributed by atoms with Crippen LogP contribution in [-0.2, 0) is 6.42 Å². The Bertz CT molecular complexity index is 567. The Morgan fingerprint density at radius 2 is 1.86 bits per heavy atom. The topological polar surface area (TPSA) is 38.5 Å². The summed E-state index contributed by atoms with van der Waals surface area (Å²) in [7, 11) is 0. The molecule has 0 atom stereocenters. The Labute approximate surface area is 131 Å². The highest BCUT2D eigenvalue weighted by Crippen LogP contribution is 2.43. The highest BCUT2D eigenvalue weighted by Gasteiger charge is 2.44. The van der Waals surface area contributed by atoms with Gasteiger partial charge in [0.1, 0.15) is 17.1 Å². The number of nitroso groups, excluding NO2 is 1. The Balaban J connectivity index is 0.00000176. The minimum atomic E-state index is -4.71. The van der Waals surface area contributed by atoms with Gasteiger partial charge in [0.15, 0.2) is 13.1 Å². The van der Waals surface area contributed by atoms with Crippen LogP contribution in [0.2, 0.25) is 0 Å². The maximum absolute atomic E-state index is 12.4. The second kappa shape index (κ2) is 5.95. The summed E-state index contributed by atoms with van der Waals surface area (Å²) >= 11 is 0. The number of benzene rings is 1. The third-order valence-corrected chi connectivity index (χ3v) is 4.11. The van der Waals surface area contributed by atoms with E-state index in [1.165, 1.54) is 12.1 Å². The van der Waals surface area contributed by atoms with E-state index >= 15 is 0 Å². The number of fused-ring (bicyclic) bond motifs is 1. The number of ether oxygens (including phenoxy) is 2. The van der Waals surface area contributed by atoms with E-state index in [9.17, 15) is 18.1 Å². The molecule has 0 saturated carbocycles. The van der Waals surface area contributed by atoms with E-state index in [-0.39, 0.29) is 18.2 Å². The average Bonchev–Trinajstić information content (AvgIpc) is 2.41. The summed E-state index contributed by atoms with van der Waals surface area (Å²) in [5.74, 6) is 0.235. The Morgan fingerprint density at radius 3 is 2.50 bits per heavy atom. The first-order valence-corrected chi connectivity index (χ1v) is 6.86. The highest BCUT2D eigenvalue weighted by molar-refractivity contribution is 5.46. The van der Waals surface area contributed by atoms with Gasteiger partial charge in [-0.3, -0.25) is 0 Å². The molecule has 0 amide bonds. The van der Waals surface area contributed by atoms with Crippen LogP contribution in [0.25, 0.3) is 0 Å². The Hall–Kier alpha value is -1.50. The lowest BCUT2D eigenvalue weighted by Gasteiger charge is -2.39. The standard InChI is InChI=1S/C14H15F3NO3.ClH/c15-14(16,17)21-12-3-1-2-11-10(12)4-5-13(20-11)6-8-18(19)9-7-13;/h1-3H,4-9H2;1H/q+1;/p-1. The first kappa shape index (κ1) is 16.9. The van der Waals surface area contributed by atoms with Crippen molar-refractivity contribution in [3.63, 3.8) is 0 Å². The molecule has 2 heterocycles. The van der Waals surface area contributed by atoms with Crippen LogP contribution in [0.15, 0.2) is 18.2 Å². The van der Waals surface area contributed by atoms with E-state index in [0.29, 0.717) is 50.1 Å². The minimum absolute atomic E-state index is 0. The normalized spacial score (nSPS) is 19.9. The van der Waals surface area contributed by atoms with Gasteiger partial charge in [0.25, 0.3) is 0 Å². The molecule has 0 bridgehead atoms. The first-order chi connectivity index (χ1) is 9.87. The van der Waals surface area contributed by atoms with Crippen molar-refractivity contribution in [2.45, 2.75) is 37.6 Å². The zero-order valence-corrected chi connectivity index (χ0v) is 12.4. The van der Waals surface area contributed by atoms with Crippen molar-refractivity contribution in [2.24, 2.45) is 0 Å². The maximum Gasteiger partial charge on any atom is 0.573 e. The van der Waals surface area contributed by atoms with Crippen LogP contribution in [0.1, 0.15) is 24.8 Å². The number of rotatable bonds is 1. The van der Waals surface area contributed by atoms with Crippen molar-refractivity contribution in [1.29, 1.82) is 0 Å². The van der Waals surface area contributed by atoms with E-state index in [2.05, 4.69) is 4.74 Å². The molecule has 0 unspecified atom stereocenters. The summed E-state index contributed by atoms with van der Waals surface area (Å²) < 4.78 is 48.2. The molecule has 1 fully saturated rings. The van der Waals surface area contributed by atoms with Crippen molar-refractivity contribution < 1.29 is 39.8 Å². The first-order valence-electron chi connectivity index (χ1n) is 6.86. The third kappa shape index (κ3) is 3.45. The van der Waals surface area contributed by atoms with Crippen molar-refractivity contribution in [3.8, 4) is 11.5 Å².